The summed E-state index contributed by atoms with van der Waals surface area (Å²) in [4.78, 5) is 0. The molecule has 0 radical (unpaired) electrons. The molecule has 0 amide bonds. The van der Waals surface area contributed by atoms with Crippen LogP contribution in [0.1, 0.15) is 6.92 Å². The molecule has 1 atom stereocenters. The molecular formula is C4H6BrF. The molecule has 0 spiro atoms. The number of rotatable bonds is 1. The van der Waals surface area contributed by atoms with Crippen molar-refractivity contribution >= 4 is 15.9 Å². The van der Waals surface area contributed by atoms with E-state index < -0.39 is 5.08 Å². The number of hydrogen-bond donors (Lipinski definition) is 0. The first-order chi connectivity index (χ1) is 2.77. The van der Waals surface area contributed by atoms with Crippen LogP contribution in [-0.4, -0.2) is 5.08 Å². The van der Waals surface area contributed by atoms with Gasteiger partial charge in [-0.3, -0.25) is 0 Å². The first kappa shape index (κ1) is 6.15. The van der Waals surface area contributed by atoms with Gasteiger partial charge in [-0.25, -0.2) is 4.39 Å². The minimum atomic E-state index is -0.970. The Morgan fingerprint density at radius 3 is 2.33 bits per heavy atom. The molecule has 2 heteroatoms. The van der Waals surface area contributed by atoms with E-state index in [2.05, 4.69) is 15.9 Å². The fourth-order valence-corrected chi connectivity index (χ4v) is 0.451. The Balaban J connectivity index is 3.03. The van der Waals surface area contributed by atoms with Crippen molar-refractivity contribution in [3.05, 3.63) is 12.2 Å². The molecular weight excluding hydrogens is 147 g/mol. The second kappa shape index (κ2) is 3.34. The second-order valence-corrected chi connectivity index (χ2v) is 1.73. The Labute approximate surface area is 45.2 Å². The molecule has 0 saturated carbocycles. The van der Waals surface area contributed by atoms with E-state index >= 15 is 0 Å². The summed E-state index contributed by atoms with van der Waals surface area (Å²) in [7, 11) is 0. The monoisotopic (exact) mass is 152 g/mol. The normalized spacial score (nSPS) is 15.8. The zero-order valence-corrected chi connectivity index (χ0v) is 5.07. The molecule has 0 aromatic heterocycles. The molecule has 0 nitrogen and oxygen atoms in total. The van der Waals surface area contributed by atoms with Crippen LogP contribution >= 0.6 is 15.9 Å². The van der Waals surface area contributed by atoms with E-state index in [9.17, 15) is 4.39 Å². The van der Waals surface area contributed by atoms with Crippen molar-refractivity contribution in [1.82, 2.24) is 0 Å². The third-order valence-corrected chi connectivity index (χ3v) is 0.643. The Morgan fingerprint density at radius 1 is 1.83 bits per heavy atom. The minimum absolute atomic E-state index is 0.970. The van der Waals surface area contributed by atoms with Gasteiger partial charge in [-0.2, -0.15) is 0 Å². The molecule has 0 bridgehead atoms. The van der Waals surface area contributed by atoms with E-state index in [1.165, 1.54) is 6.08 Å². The van der Waals surface area contributed by atoms with Gasteiger partial charge in [0, 0.05) is 0 Å². The third-order valence-electron chi connectivity index (χ3n) is 0.338. The highest BCUT2D eigenvalue weighted by molar-refractivity contribution is 9.09. The van der Waals surface area contributed by atoms with Gasteiger partial charge in [-0.1, -0.05) is 6.08 Å². The van der Waals surface area contributed by atoms with Crippen LogP contribution in [0.3, 0.4) is 0 Å². The number of allylic oxidation sites excluding steroid dienone is 2. The van der Waals surface area contributed by atoms with Crippen LogP contribution < -0.4 is 0 Å². The maximum absolute atomic E-state index is 11.5. The zero-order valence-electron chi connectivity index (χ0n) is 3.49. The molecule has 0 aliphatic rings. The predicted molar refractivity (Wildman–Crippen MR) is 28.6 cm³/mol. The summed E-state index contributed by atoms with van der Waals surface area (Å²) in [6.07, 6.45) is 3.07. The van der Waals surface area contributed by atoms with Crippen molar-refractivity contribution in [1.29, 1.82) is 0 Å². The summed E-state index contributed by atoms with van der Waals surface area (Å²) in [5.74, 6) is 0. The number of alkyl halides is 2. The molecule has 6 heavy (non-hydrogen) atoms. The molecule has 36 valence electrons. The molecule has 0 saturated heterocycles. The highest BCUT2D eigenvalue weighted by Gasteiger charge is 1.84. The summed E-state index contributed by atoms with van der Waals surface area (Å²) in [5, 5.41) is -0.970. The van der Waals surface area contributed by atoms with E-state index in [0.29, 0.717) is 0 Å². The van der Waals surface area contributed by atoms with Crippen LogP contribution in [0.15, 0.2) is 12.2 Å². The summed E-state index contributed by atoms with van der Waals surface area (Å²) in [5.41, 5.74) is 0. The van der Waals surface area contributed by atoms with E-state index in [4.69, 9.17) is 0 Å². The van der Waals surface area contributed by atoms with Crippen LogP contribution in [0.25, 0.3) is 0 Å². The lowest BCUT2D eigenvalue weighted by Crippen LogP contribution is -1.72. The van der Waals surface area contributed by atoms with Gasteiger partial charge < -0.3 is 0 Å². The molecule has 0 fully saturated rings. The summed E-state index contributed by atoms with van der Waals surface area (Å²) in [6, 6.07) is 0. The van der Waals surface area contributed by atoms with Gasteiger partial charge in [0.05, 0.1) is 0 Å². The lowest BCUT2D eigenvalue weighted by molar-refractivity contribution is 0.529. The van der Waals surface area contributed by atoms with Crippen molar-refractivity contribution in [3.63, 3.8) is 0 Å². The molecule has 0 aliphatic carbocycles. The Bertz CT molecular complexity index is 49.5. The van der Waals surface area contributed by atoms with Crippen LogP contribution in [0.5, 0.6) is 0 Å². The molecule has 0 heterocycles. The van der Waals surface area contributed by atoms with Crippen molar-refractivity contribution in [3.8, 4) is 0 Å². The molecule has 0 aliphatic heterocycles. The van der Waals surface area contributed by atoms with Crippen LogP contribution in [-0.2, 0) is 0 Å². The maximum atomic E-state index is 11.5. The minimum Gasteiger partial charge on any atom is -0.230 e. The van der Waals surface area contributed by atoms with Crippen molar-refractivity contribution < 1.29 is 4.39 Å². The Hall–Kier alpha value is 0.150. The van der Waals surface area contributed by atoms with Gasteiger partial charge in [0.2, 0.25) is 0 Å². The predicted octanol–water partition coefficient (Wildman–Crippen LogP) is 2.25. The van der Waals surface area contributed by atoms with Gasteiger partial charge in [0.25, 0.3) is 0 Å². The summed E-state index contributed by atoms with van der Waals surface area (Å²) < 4.78 is 11.5. The van der Waals surface area contributed by atoms with E-state index in [-0.39, 0.29) is 0 Å². The summed E-state index contributed by atoms with van der Waals surface area (Å²) in [6.45, 7) is 1.77. The molecule has 0 aromatic carbocycles. The Kier molecular flexibility index (Phi) is 3.43. The van der Waals surface area contributed by atoms with E-state index in [1.54, 1.807) is 13.0 Å². The first-order valence-corrected chi connectivity index (χ1v) is 2.60. The standard InChI is InChI=1S/C4H6BrF/c1-2-3-4(5)6/h2-4H,1H3. The van der Waals surface area contributed by atoms with Crippen LogP contribution in [0.4, 0.5) is 4.39 Å². The average Bonchev–Trinajstić information content (AvgIpc) is 1.35. The van der Waals surface area contributed by atoms with E-state index in [1.807, 2.05) is 0 Å². The fourth-order valence-electron chi connectivity index (χ4n) is 0.145. The SMILES string of the molecule is CC=CC(F)Br. The lowest BCUT2D eigenvalue weighted by atomic mass is 10.6. The average molecular weight is 153 g/mol. The van der Waals surface area contributed by atoms with Gasteiger partial charge in [0.1, 0.15) is 0 Å². The second-order valence-electron chi connectivity index (χ2n) is 0.860. The van der Waals surface area contributed by atoms with Crippen molar-refractivity contribution in [2.75, 3.05) is 0 Å². The van der Waals surface area contributed by atoms with Gasteiger partial charge in [-0.05, 0) is 28.9 Å². The highest BCUT2D eigenvalue weighted by atomic mass is 79.9. The highest BCUT2D eigenvalue weighted by Crippen LogP contribution is 1.99. The first-order valence-electron chi connectivity index (χ1n) is 1.68. The Morgan fingerprint density at radius 2 is 2.33 bits per heavy atom. The van der Waals surface area contributed by atoms with Gasteiger partial charge in [0.15, 0.2) is 5.08 Å². The number of halogens is 2. The van der Waals surface area contributed by atoms with E-state index in [0.717, 1.165) is 0 Å². The summed E-state index contributed by atoms with van der Waals surface area (Å²) >= 11 is 2.68. The van der Waals surface area contributed by atoms with Gasteiger partial charge >= 0.3 is 0 Å². The smallest absolute Gasteiger partial charge is 0.173 e. The largest absolute Gasteiger partial charge is 0.230 e. The van der Waals surface area contributed by atoms with Crippen molar-refractivity contribution in [2.45, 2.75) is 12.0 Å². The topological polar surface area (TPSA) is 0 Å². The third kappa shape index (κ3) is 4.15. The lowest BCUT2D eigenvalue weighted by Gasteiger charge is -1.80. The molecule has 1 unspecified atom stereocenters. The van der Waals surface area contributed by atoms with Crippen LogP contribution in [0, 0.1) is 0 Å². The van der Waals surface area contributed by atoms with Gasteiger partial charge in [-0.15, -0.1) is 0 Å². The quantitative estimate of drug-likeness (QED) is 0.400. The zero-order chi connectivity index (χ0) is 4.99. The maximum Gasteiger partial charge on any atom is 0.173 e. The fraction of sp³-hybridized carbons (Fsp3) is 0.500. The molecule has 0 N–H and O–H groups in total. The van der Waals surface area contributed by atoms with Crippen molar-refractivity contribution in [2.24, 2.45) is 0 Å². The van der Waals surface area contributed by atoms with Crippen LogP contribution in [0.2, 0.25) is 0 Å². The number of hydrogen-bond acceptors (Lipinski definition) is 0. The molecule has 0 rings (SSSR count). The molecule has 0 aromatic rings.